The molecule has 2 aliphatic rings. The van der Waals surface area contributed by atoms with E-state index in [9.17, 15) is 8.42 Å². The molecule has 0 spiro atoms. The average molecular weight is 440 g/mol. The fraction of sp³-hybridized carbons (Fsp3) is 0.478. The Balaban J connectivity index is 1.32. The Morgan fingerprint density at radius 2 is 1.71 bits per heavy atom. The Hall–Kier alpha value is -2.45. The van der Waals surface area contributed by atoms with Crippen LogP contribution < -0.4 is 5.32 Å². The first-order chi connectivity index (χ1) is 15.1. The molecule has 1 aliphatic carbocycles. The summed E-state index contributed by atoms with van der Waals surface area (Å²) in [4.78, 5) is 6.89. The molecule has 164 valence electrons. The van der Waals surface area contributed by atoms with Gasteiger partial charge in [0.2, 0.25) is 5.95 Å². The summed E-state index contributed by atoms with van der Waals surface area (Å²) in [7, 11) is -2.84. The molecule has 0 bridgehead atoms. The van der Waals surface area contributed by atoms with E-state index in [0.717, 1.165) is 23.4 Å². The summed E-state index contributed by atoms with van der Waals surface area (Å²) in [5.41, 5.74) is 4.13. The van der Waals surface area contributed by atoms with Crippen molar-refractivity contribution in [3.8, 4) is 11.3 Å². The molecule has 1 aromatic carbocycles. The molecule has 3 heterocycles. The summed E-state index contributed by atoms with van der Waals surface area (Å²) in [6.07, 6.45) is 6.25. The van der Waals surface area contributed by atoms with Crippen LogP contribution in [0.5, 0.6) is 0 Å². The number of benzene rings is 1. The van der Waals surface area contributed by atoms with E-state index in [1.807, 2.05) is 16.6 Å². The van der Waals surface area contributed by atoms with Crippen molar-refractivity contribution in [2.75, 3.05) is 29.9 Å². The largest absolute Gasteiger partial charge is 0.350 e. The third-order valence-corrected chi connectivity index (χ3v) is 8.00. The fourth-order valence-corrected chi connectivity index (χ4v) is 5.84. The van der Waals surface area contributed by atoms with Gasteiger partial charge < -0.3 is 5.32 Å². The predicted octanol–water partition coefficient (Wildman–Crippen LogP) is 3.37. The molecular weight excluding hydrogens is 410 g/mol. The first-order valence-corrected chi connectivity index (χ1v) is 13.0. The predicted molar refractivity (Wildman–Crippen MR) is 123 cm³/mol. The van der Waals surface area contributed by atoms with Gasteiger partial charge >= 0.3 is 0 Å². The lowest BCUT2D eigenvalue weighted by molar-refractivity contribution is 0.287. The van der Waals surface area contributed by atoms with Gasteiger partial charge in [0, 0.05) is 31.2 Å². The lowest BCUT2D eigenvalue weighted by atomic mass is 9.96. The maximum atomic E-state index is 11.6. The van der Waals surface area contributed by atoms with Crippen LogP contribution in [0, 0.1) is 0 Å². The van der Waals surface area contributed by atoms with E-state index in [0.29, 0.717) is 25.1 Å². The minimum absolute atomic E-state index is 0.261. The van der Waals surface area contributed by atoms with E-state index < -0.39 is 9.84 Å². The van der Waals surface area contributed by atoms with Crippen LogP contribution in [0.3, 0.4) is 0 Å². The van der Waals surface area contributed by atoms with Crippen molar-refractivity contribution in [1.82, 2.24) is 19.5 Å². The standard InChI is InChI=1S/C23H29N5O2S/c29-31(30)15-13-27(14-16-31)17-18-9-11-19(12-10-18)21-7-4-8-22-25-23(26-28(21)22)24-20-5-2-1-3-6-20/h4,7-12,20H,1-3,5-6,13-17H2,(H,24,26). The number of nitrogens with one attached hydrogen (secondary N) is 1. The molecular formula is C23H29N5O2S. The Labute approximate surface area is 183 Å². The molecule has 31 heavy (non-hydrogen) atoms. The molecule has 0 atom stereocenters. The summed E-state index contributed by atoms with van der Waals surface area (Å²) >= 11 is 0. The zero-order valence-electron chi connectivity index (χ0n) is 17.7. The van der Waals surface area contributed by atoms with Gasteiger partial charge in [0.25, 0.3) is 0 Å². The number of rotatable bonds is 5. The lowest BCUT2D eigenvalue weighted by Crippen LogP contribution is -2.39. The Kier molecular flexibility index (Phi) is 5.67. The van der Waals surface area contributed by atoms with Crippen molar-refractivity contribution < 1.29 is 8.42 Å². The molecule has 0 radical (unpaired) electrons. The maximum absolute atomic E-state index is 11.6. The molecule has 8 heteroatoms. The topological polar surface area (TPSA) is 79.6 Å². The summed E-state index contributed by atoms with van der Waals surface area (Å²) in [6, 6.07) is 15.0. The summed E-state index contributed by atoms with van der Waals surface area (Å²) in [5.74, 6) is 1.23. The highest BCUT2D eigenvalue weighted by molar-refractivity contribution is 7.91. The Morgan fingerprint density at radius 1 is 0.968 bits per heavy atom. The highest BCUT2D eigenvalue weighted by Gasteiger charge is 2.21. The van der Waals surface area contributed by atoms with Crippen molar-refractivity contribution in [2.24, 2.45) is 0 Å². The smallest absolute Gasteiger partial charge is 0.243 e. The molecule has 1 saturated heterocycles. The van der Waals surface area contributed by atoms with Crippen molar-refractivity contribution in [3.63, 3.8) is 0 Å². The third-order valence-electron chi connectivity index (χ3n) is 6.39. The SMILES string of the molecule is O=S1(=O)CCN(Cc2ccc(-c3cccc4nc(NC5CCCCC5)nn34)cc2)CC1. The van der Waals surface area contributed by atoms with Crippen molar-refractivity contribution in [2.45, 2.75) is 44.7 Å². The first kappa shape index (κ1) is 20.5. The van der Waals surface area contributed by atoms with Crippen LogP contribution in [0.4, 0.5) is 5.95 Å². The summed E-state index contributed by atoms with van der Waals surface area (Å²) in [6.45, 7) is 2.00. The zero-order valence-corrected chi connectivity index (χ0v) is 18.5. The van der Waals surface area contributed by atoms with E-state index in [4.69, 9.17) is 5.10 Å². The van der Waals surface area contributed by atoms with Crippen LogP contribution in [0.25, 0.3) is 16.9 Å². The number of anilines is 1. The Bertz CT molecular complexity index is 1140. The summed E-state index contributed by atoms with van der Waals surface area (Å²) in [5, 5.41) is 8.26. The highest BCUT2D eigenvalue weighted by atomic mass is 32.2. The second kappa shape index (κ2) is 8.59. The lowest BCUT2D eigenvalue weighted by Gasteiger charge is -2.26. The van der Waals surface area contributed by atoms with Crippen LogP contribution in [-0.2, 0) is 16.4 Å². The van der Waals surface area contributed by atoms with E-state index in [1.54, 1.807) is 0 Å². The number of hydrogen-bond acceptors (Lipinski definition) is 6. The van der Waals surface area contributed by atoms with E-state index in [-0.39, 0.29) is 11.5 Å². The van der Waals surface area contributed by atoms with Gasteiger partial charge in [-0.15, -0.1) is 5.10 Å². The zero-order chi connectivity index (χ0) is 21.3. The molecule has 0 unspecified atom stereocenters. The van der Waals surface area contributed by atoms with E-state index in [2.05, 4.69) is 45.5 Å². The van der Waals surface area contributed by atoms with Gasteiger partial charge in [-0.2, -0.15) is 4.98 Å². The van der Waals surface area contributed by atoms with Crippen LogP contribution in [0.15, 0.2) is 42.5 Å². The van der Waals surface area contributed by atoms with Gasteiger partial charge in [-0.3, -0.25) is 4.90 Å². The van der Waals surface area contributed by atoms with E-state index in [1.165, 1.54) is 37.7 Å². The van der Waals surface area contributed by atoms with E-state index >= 15 is 0 Å². The van der Waals surface area contributed by atoms with Crippen LogP contribution in [0.2, 0.25) is 0 Å². The number of sulfone groups is 1. The second-order valence-corrected chi connectivity index (χ2v) is 11.0. The first-order valence-electron chi connectivity index (χ1n) is 11.2. The van der Waals surface area contributed by atoms with Gasteiger partial charge in [0.15, 0.2) is 15.5 Å². The monoisotopic (exact) mass is 439 g/mol. The van der Waals surface area contributed by atoms with Crippen LogP contribution in [-0.4, -0.2) is 58.6 Å². The summed E-state index contributed by atoms with van der Waals surface area (Å²) < 4.78 is 25.2. The van der Waals surface area contributed by atoms with Gasteiger partial charge in [-0.05, 0) is 30.5 Å². The van der Waals surface area contributed by atoms with Crippen molar-refractivity contribution in [3.05, 3.63) is 48.0 Å². The molecule has 1 N–H and O–H groups in total. The molecule has 1 aliphatic heterocycles. The molecule has 2 fully saturated rings. The molecule has 7 nitrogen and oxygen atoms in total. The molecule has 2 aromatic heterocycles. The number of aromatic nitrogens is 3. The van der Waals surface area contributed by atoms with Gasteiger partial charge in [0.05, 0.1) is 17.2 Å². The normalized spacial score (nSPS) is 20.1. The number of hydrogen-bond donors (Lipinski definition) is 1. The quantitative estimate of drug-likeness (QED) is 0.657. The van der Waals surface area contributed by atoms with Gasteiger partial charge in [-0.1, -0.05) is 49.6 Å². The molecule has 1 saturated carbocycles. The fourth-order valence-electron chi connectivity index (χ4n) is 4.56. The van der Waals surface area contributed by atoms with Gasteiger partial charge in [0.1, 0.15) is 0 Å². The average Bonchev–Trinajstić information content (AvgIpc) is 3.19. The maximum Gasteiger partial charge on any atom is 0.243 e. The van der Waals surface area contributed by atoms with Crippen molar-refractivity contribution in [1.29, 1.82) is 0 Å². The number of pyridine rings is 1. The molecule has 5 rings (SSSR count). The second-order valence-electron chi connectivity index (χ2n) is 8.72. The minimum Gasteiger partial charge on any atom is -0.350 e. The van der Waals surface area contributed by atoms with Gasteiger partial charge in [-0.25, -0.2) is 12.9 Å². The minimum atomic E-state index is -2.84. The van der Waals surface area contributed by atoms with Crippen molar-refractivity contribution >= 4 is 21.4 Å². The number of fused-ring (bicyclic) bond motifs is 1. The molecule has 0 amide bonds. The number of nitrogens with zero attached hydrogens (tertiary/aromatic N) is 4. The van der Waals surface area contributed by atoms with Crippen LogP contribution in [0.1, 0.15) is 37.7 Å². The Morgan fingerprint density at radius 3 is 2.45 bits per heavy atom. The highest BCUT2D eigenvalue weighted by Crippen LogP contribution is 2.24. The third kappa shape index (κ3) is 4.75. The molecule has 3 aromatic rings. The van der Waals surface area contributed by atoms with Crippen LogP contribution >= 0.6 is 0 Å².